The smallest absolute Gasteiger partial charge is 0.258 e. The predicted molar refractivity (Wildman–Crippen MR) is 124 cm³/mol. The van der Waals surface area contributed by atoms with Crippen LogP contribution in [0.4, 0.5) is 11.4 Å². The van der Waals surface area contributed by atoms with Crippen molar-refractivity contribution < 1.29 is 9.59 Å². The average Bonchev–Trinajstić information content (AvgIpc) is 2.69. The van der Waals surface area contributed by atoms with Crippen LogP contribution in [0.15, 0.2) is 78.9 Å². The molecule has 0 spiro atoms. The fourth-order valence-corrected chi connectivity index (χ4v) is 3.28. The number of thiocarbonyl (C=S) groups is 1. The zero-order valence-corrected chi connectivity index (χ0v) is 17.6. The maximum Gasteiger partial charge on any atom is 0.258 e. The number of amides is 2. The van der Waals surface area contributed by atoms with Crippen LogP contribution in [0, 0.1) is 3.57 Å². The molecule has 0 aliphatic heterocycles. The predicted octanol–water partition coefficient (Wildman–Crippen LogP) is 4.67. The zero-order chi connectivity index (χ0) is 19.9. The first-order valence-electron chi connectivity index (χ1n) is 8.36. The van der Waals surface area contributed by atoms with Gasteiger partial charge in [0.1, 0.15) is 0 Å². The number of hydrogen-bond acceptors (Lipinski definition) is 3. The van der Waals surface area contributed by atoms with Crippen molar-refractivity contribution in [2.75, 3.05) is 10.6 Å². The van der Waals surface area contributed by atoms with E-state index in [0.717, 1.165) is 3.57 Å². The lowest BCUT2D eigenvalue weighted by Crippen LogP contribution is -2.34. The number of anilines is 2. The summed E-state index contributed by atoms with van der Waals surface area (Å²) in [5.41, 5.74) is 2.34. The van der Waals surface area contributed by atoms with E-state index in [1.807, 2.05) is 42.5 Å². The molecular formula is C21H16IN3O2S. The molecule has 0 unspecified atom stereocenters. The molecule has 3 aromatic carbocycles. The van der Waals surface area contributed by atoms with Crippen molar-refractivity contribution >= 4 is 63.1 Å². The molecule has 0 saturated carbocycles. The van der Waals surface area contributed by atoms with E-state index in [4.69, 9.17) is 12.2 Å². The molecule has 5 nitrogen and oxygen atoms in total. The minimum atomic E-state index is -0.291. The van der Waals surface area contributed by atoms with E-state index < -0.39 is 0 Å². The molecule has 2 amide bonds. The second kappa shape index (κ2) is 9.43. The Bertz CT molecular complexity index is 1020. The monoisotopic (exact) mass is 501 g/mol. The van der Waals surface area contributed by atoms with Crippen molar-refractivity contribution in [3.05, 3.63) is 93.6 Å². The maximum atomic E-state index is 12.4. The minimum Gasteiger partial charge on any atom is -0.332 e. The highest BCUT2D eigenvalue weighted by Gasteiger charge is 2.12. The van der Waals surface area contributed by atoms with Gasteiger partial charge in [-0.3, -0.25) is 14.9 Å². The van der Waals surface area contributed by atoms with Gasteiger partial charge in [-0.25, -0.2) is 0 Å². The fourth-order valence-electron chi connectivity index (χ4n) is 2.44. The van der Waals surface area contributed by atoms with Crippen molar-refractivity contribution in [3.8, 4) is 0 Å². The lowest BCUT2D eigenvalue weighted by atomic mass is 10.2. The summed E-state index contributed by atoms with van der Waals surface area (Å²) in [6.45, 7) is 0. The minimum absolute atomic E-state index is 0.158. The van der Waals surface area contributed by atoms with Crippen LogP contribution in [0.3, 0.4) is 0 Å². The molecule has 0 heterocycles. The van der Waals surface area contributed by atoms with Gasteiger partial charge in [0.05, 0.1) is 5.56 Å². The van der Waals surface area contributed by atoms with Gasteiger partial charge in [-0.15, -0.1) is 0 Å². The first-order valence-corrected chi connectivity index (χ1v) is 9.85. The molecule has 3 aromatic rings. The first-order chi connectivity index (χ1) is 13.5. The number of nitrogens with one attached hydrogen (secondary N) is 3. The lowest BCUT2D eigenvalue weighted by Gasteiger charge is -2.11. The number of rotatable bonds is 4. The zero-order valence-electron chi connectivity index (χ0n) is 14.6. The van der Waals surface area contributed by atoms with Gasteiger partial charge in [-0.2, -0.15) is 0 Å². The first kappa shape index (κ1) is 20.0. The summed E-state index contributed by atoms with van der Waals surface area (Å²) in [5.74, 6) is -0.524. The highest BCUT2D eigenvalue weighted by Crippen LogP contribution is 2.14. The summed E-state index contributed by atoms with van der Waals surface area (Å²) in [4.78, 5) is 24.7. The van der Waals surface area contributed by atoms with Gasteiger partial charge in [0, 0.05) is 20.5 Å². The van der Waals surface area contributed by atoms with Gasteiger partial charge in [-0.1, -0.05) is 36.4 Å². The Kier molecular flexibility index (Phi) is 6.72. The summed E-state index contributed by atoms with van der Waals surface area (Å²) >= 11 is 7.32. The molecule has 0 aliphatic rings. The Hall–Kier alpha value is -2.78. The van der Waals surface area contributed by atoms with E-state index in [-0.39, 0.29) is 16.9 Å². The summed E-state index contributed by atoms with van der Waals surface area (Å²) in [5, 5.41) is 8.57. The summed E-state index contributed by atoms with van der Waals surface area (Å²) in [7, 11) is 0. The molecule has 0 atom stereocenters. The molecule has 0 aliphatic carbocycles. The number of halogens is 1. The Balaban J connectivity index is 1.64. The van der Waals surface area contributed by atoms with Crippen LogP contribution in [0.1, 0.15) is 20.7 Å². The molecule has 0 saturated heterocycles. The van der Waals surface area contributed by atoms with Gasteiger partial charge < -0.3 is 10.6 Å². The number of benzene rings is 3. The number of hydrogen-bond donors (Lipinski definition) is 3. The fraction of sp³-hybridized carbons (Fsp3) is 0. The van der Waals surface area contributed by atoms with Crippen LogP contribution in [-0.4, -0.2) is 16.9 Å². The molecular weight excluding hydrogens is 485 g/mol. The van der Waals surface area contributed by atoms with Crippen LogP contribution in [0.2, 0.25) is 0 Å². The highest BCUT2D eigenvalue weighted by atomic mass is 127. The van der Waals surface area contributed by atoms with E-state index in [2.05, 4.69) is 38.5 Å². The standard InChI is InChI=1S/C21H16IN3O2S/c22-18-12-5-4-11-17(18)20(27)25-21(28)24-16-10-6-7-14(13-16)19(26)23-15-8-2-1-3-9-15/h1-13H,(H,23,26)(H2,24,25,27,28). The molecule has 28 heavy (non-hydrogen) atoms. The van der Waals surface area contributed by atoms with Crippen molar-refractivity contribution in [1.82, 2.24) is 5.32 Å². The third-order valence-electron chi connectivity index (χ3n) is 3.76. The van der Waals surface area contributed by atoms with Gasteiger partial charge in [0.15, 0.2) is 5.11 Å². The molecule has 3 N–H and O–H groups in total. The van der Waals surface area contributed by atoms with Gasteiger partial charge in [-0.05, 0) is 77.3 Å². The van der Waals surface area contributed by atoms with Crippen molar-refractivity contribution in [2.45, 2.75) is 0 Å². The van der Waals surface area contributed by atoms with Crippen LogP contribution in [-0.2, 0) is 0 Å². The van der Waals surface area contributed by atoms with Crippen molar-refractivity contribution in [3.63, 3.8) is 0 Å². The van der Waals surface area contributed by atoms with E-state index in [1.165, 1.54) is 0 Å². The quantitative estimate of drug-likeness (QED) is 0.359. The second-order valence-electron chi connectivity index (χ2n) is 5.79. The third kappa shape index (κ3) is 5.37. The van der Waals surface area contributed by atoms with E-state index in [9.17, 15) is 9.59 Å². The summed E-state index contributed by atoms with van der Waals surface area (Å²) in [6, 6.07) is 23.3. The topological polar surface area (TPSA) is 70.2 Å². The van der Waals surface area contributed by atoms with E-state index >= 15 is 0 Å². The number of carbonyl (C=O) groups is 2. The van der Waals surface area contributed by atoms with Gasteiger partial charge in [0.25, 0.3) is 11.8 Å². The van der Waals surface area contributed by atoms with E-state index in [0.29, 0.717) is 22.5 Å². The normalized spacial score (nSPS) is 10.0. The largest absolute Gasteiger partial charge is 0.332 e. The summed E-state index contributed by atoms with van der Waals surface area (Å²) < 4.78 is 0.833. The summed E-state index contributed by atoms with van der Waals surface area (Å²) in [6.07, 6.45) is 0. The second-order valence-corrected chi connectivity index (χ2v) is 7.36. The molecule has 0 radical (unpaired) electrons. The molecule has 3 rings (SSSR count). The van der Waals surface area contributed by atoms with Crippen molar-refractivity contribution in [2.24, 2.45) is 0 Å². The lowest BCUT2D eigenvalue weighted by molar-refractivity contribution is 0.0975. The molecule has 0 bridgehead atoms. The van der Waals surface area contributed by atoms with Gasteiger partial charge >= 0.3 is 0 Å². The van der Waals surface area contributed by atoms with E-state index in [1.54, 1.807) is 36.4 Å². The number of carbonyl (C=O) groups excluding carboxylic acids is 2. The SMILES string of the molecule is O=C(Nc1ccccc1)c1cccc(NC(=S)NC(=O)c2ccccc2I)c1. The highest BCUT2D eigenvalue weighted by molar-refractivity contribution is 14.1. The Morgan fingerprint density at radius 2 is 1.43 bits per heavy atom. The number of para-hydroxylation sites is 1. The molecule has 0 fully saturated rings. The molecule has 140 valence electrons. The Labute approximate surface area is 181 Å². The van der Waals surface area contributed by atoms with Crippen molar-refractivity contribution in [1.29, 1.82) is 0 Å². The Morgan fingerprint density at radius 3 is 2.18 bits per heavy atom. The van der Waals surface area contributed by atoms with Gasteiger partial charge in [0.2, 0.25) is 0 Å². The average molecular weight is 501 g/mol. The van der Waals surface area contributed by atoms with Crippen LogP contribution >= 0.6 is 34.8 Å². The maximum absolute atomic E-state index is 12.4. The van der Waals surface area contributed by atoms with Crippen LogP contribution in [0.5, 0.6) is 0 Å². The molecule has 0 aromatic heterocycles. The Morgan fingerprint density at radius 1 is 0.750 bits per heavy atom. The third-order valence-corrected chi connectivity index (χ3v) is 4.90. The molecule has 7 heteroatoms. The van der Waals surface area contributed by atoms with Crippen LogP contribution in [0.25, 0.3) is 0 Å². The van der Waals surface area contributed by atoms with Crippen LogP contribution < -0.4 is 16.0 Å².